The van der Waals surface area contributed by atoms with Crippen LogP contribution in [-0.2, 0) is 0 Å². The van der Waals surface area contributed by atoms with E-state index in [9.17, 15) is 0 Å². The molecule has 0 spiro atoms. The predicted octanol–water partition coefficient (Wildman–Crippen LogP) is 0.692. The lowest BCUT2D eigenvalue weighted by Crippen LogP contribution is -2.43. The van der Waals surface area contributed by atoms with Crippen molar-refractivity contribution in [1.82, 2.24) is 15.3 Å². The summed E-state index contributed by atoms with van der Waals surface area (Å²) in [5.74, 6) is 0.909. The Morgan fingerprint density at radius 1 is 1.50 bits per heavy atom. The molecule has 0 radical (unpaired) electrons. The average Bonchev–Trinajstić information content (AvgIpc) is 2.71. The van der Waals surface area contributed by atoms with Crippen molar-refractivity contribution < 1.29 is 0 Å². The van der Waals surface area contributed by atoms with E-state index < -0.39 is 0 Å². The van der Waals surface area contributed by atoms with Crippen molar-refractivity contribution in [2.75, 3.05) is 20.1 Å². The minimum absolute atomic E-state index is 0.855. The van der Waals surface area contributed by atoms with Gasteiger partial charge in [0.1, 0.15) is 0 Å². The lowest BCUT2D eigenvalue weighted by atomic mass is 10.2. The van der Waals surface area contributed by atoms with Gasteiger partial charge in [-0.05, 0) is 17.7 Å². The summed E-state index contributed by atoms with van der Waals surface area (Å²) >= 11 is 0. The maximum Gasteiger partial charge on any atom is 0.213 e. The molecule has 14 heavy (non-hydrogen) atoms. The third kappa shape index (κ3) is 1.64. The largest absolute Gasteiger partial charge is 0.353 e. The Labute approximate surface area is 83.9 Å². The van der Waals surface area contributed by atoms with Crippen molar-refractivity contribution in [2.24, 2.45) is 4.99 Å². The van der Waals surface area contributed by atoms with Gasteiger partial charge in [-0.3, -0.25) is 10.0 Å². The van der Waals surface area contributed by atoms with Crippen molar-refractivity contribution in [1.29, 1.82) is 0 Å². The Bertz CT molecular complexity index is 311. The molecular formula is C10H14N4. The number of nitrogens with one attached hydrogen (secondary N) is 1. The van der Waals surface area contributed by atoms with Crippen LogP contribution in [0, 0.1) is 0 Å². The van der Waals surface area contributed by atoms with Gasteiger partial charge in [-0.15, -0.1) is 0 Å². The maximum atomic E-state index is 4.33. The second-order valence-corrected chi connectivity index (χ2v) is 3.24. The number of hydrogen-bond acceptors (Lipinski definition) is 4. The molecule has 4 nitrogen and oxygen atoms in total. The van der Waals surface area contributed by atoms with Crippen molar-refractivity contribution in [3.05, 3.63) is 36.7 Å². The Kier molecular flexibility index (Phi) is 2.26. The standard InChI is InChI=1S/C10H14N4/c1-9-3-7-14(8-4-9)13(2)10-11-5-6-12-10/h3-4,7-8H,1,5-6H2,2H3,(H,11,12). The van der Waals surface area contributed by atoms with Crippen molar-refractivity contribution in [3.8, 4) is 0 Å². The molecule has 2 aliphatic rings. The van der Waals surface area contributed by atoms with Crippen LogP contribution in [0.15, 0.2) is 41.7 Å². The third-order valence-corrected chi connectivity index (χ3v) is 2.19. The summed E-state index contributed by atoms with van der Waals surface area (Å²) in [5, 5.41) is 7.14. The molecule has 0 aliphatic carbocycles. The van der Waals surface area contributed by atoms with E-state index in [2.05, 4.69) is 16.9 Å². The lowest BCUT2D eigenvalue weighted by Gasteiger charge is -2.30. The van der Waals surface area contributed by atoms with E-state index in [-0.39, 0.29) is 0 Å². The number of hydrazine groups is 1. The topological polar surface area (TPSA) is 30.9 Å². The number of aliphatic imine (C=N–C) groups is 1. The minimum Gasteiger partial charge on any atom is -0.353 e. The van der Waals surface area contributed by atoms with Crippen molar-refractivity contribution in [2.45, 2.75) is 0 Å². The summed E-state index contributed by atoms with van der Waals surface area (Å²) in [4.78, 5) is 4.33. The summed E-state index contributed by atoms with van der Waals surface area (Å²) in [6, 6.07) is 0. The molecule has 2 aliphatic heterocycles. The van der Waals surface area contributed by atoms with E-state index in [1.807, 2.05) is 41.6 Å². The SMILES string of the molecule is C=C1C=CN(N(C)C2=NCCN2)C=C1. The summed E-state index contributed by atoms with van der Waals surface area (Å²) in [6.45, 7) is 5.62. The van der Waals surface area contributed by atoms with Gasteiger partial charge < -0.3 is 5.32 Å². The number of rotatable bonds is 1. The van der Waals surface area contributed by atoms with Gasteiger partial charge in [0.2, 0.25) is 5.96 Å². The Morgan fingerprint density at radius 3 is 2.79 bits per heavy atom. The van der Waals surface area contributed by atoms with Crippen molar-refractivity contribution in [3.63, 3.8) is 0 Å². The molecule has 0 fully saturated rings. The van der Waals surface area contributed by atoms with Gasteiger partial charge in [0.25, 0.3) is 0 Å². The molecule has 1 N–H and O–H groups in total. The monoisotopic (exact) mass is 190 g/mol. The molecule has 0 saturated heterocycles. The first-order valence-corrected chi connectivity index (χ1v) is 4.63. The first kappa shape index (κ1) is 8.87. The summed E-state index contributed by atoms with van der Waals surface area (Å²) in [6.07, 6.45) is 7.85. The molecule has 0 unspecified atom stereocenters. The molecular weight excluding hydrogens is 176 g/mol. The van der Waals surface area contributed by atoms with Gasteiger partial charge >= 0.3 is 0 Å². The van der Waals surface area contributed by atoms with E-state index in [1.54, 1.807) is 0 Å². The third-order valence-electron chi connectivity index (χ3n) is 2.19. The van der Waals surface area contributed by atoms with Crippen LogP contribution in [-0.4, -0.2) is 36.1 Å². The fraction of sp³-hybridized carbons (Fsp3) is 0.300. The Balaban J connectivity index is 2.05. The van der Waals surface area contributed by atoms with E-state index in [0.29, 0.717) is 0 Å². The molecule has 2 rings (SSSR count). The molecule has 74 valence electrons. The molecule has 0 aromatic rings. The Hall–Kier alpha value is -1.71. The van der Waals surface area contributed by atoms with Gasteiger partial charge in [-0.25, -0.2) is 4.99 Å². The molecule has 0 aromatic heterocycles. The highest BCUT2D eigenvalue weighted by Gasteiger charge is 2.14. The first-order chi connectivity index (χ1) is 6.77. The first-order valence-electron chi connectivity index (χ1n) is 4.63. The van der Waals surface area contributed by atoms with Crippen LogP contribution >= 0.6 is 0 Å². The molecule has 0 bridgehead atoms. The summed E-state index contributed by atoms with van der Waals surface area (Å²) < 4.78 is 0. The lowest BCUT2D eigenvalue weighted by molar-refractivity contribution is 0.198. The average molecular weight is 190 g/mol. The fourth-order valence-electron chi connectivity index (χ4n) is 1.36. The molecule has 0 amide bonds. The van der Waals surface area contributed by atoms with Crippen LogP contribution in [0.25, 0.3) is 0 Å². The number of allylic oxidation sites excluding steroid dienone is 3. The Morgan fingerprint density at radius 2 is 2.21 bits per heavy atom. The van der Waals surface area contributed by atoms with Gasteiger partial charge in [0.15, 0.2) is 0 Å². The van der Waals surface area contributed by atoms with Crippen LogP contribution in [0.2, 0.25) is 0 Å². The molecule has 0 aromatic carbocycles. The quantitative estimate of drug-likeness (QED) is 0.660. The number of nitrogens with zero attached hydrogens (tertiary/aromatic N) is 3. The van der Waals surface area contributed by atoms with Crippen LogP contribution in [0.4, 0.5) is 0 Å². The van der Waals surface area contributed by atoms with E-state index in [1.165, 1.54) is 0 Å². The fourth-order valence-corrected chi connectivity index (χ4v) is 1.36. The number of hydrogen-bond donors (Lipinski definition) is 1. The summed E-state index contributed by atoms with van der Waals surface area (Å²) in [5.41, 5.74) is 1.01. The normalized spacial score (nSPS) is 19.6. The highest BCUT2D eigenvalue weighted by molar-refractivity contribution is 5.80. The van der Waals surface area contributed by atoms with Crippen LogP contribution in [0.1, 0.15) is 0 Å². The molecule has 0 saturated carbocycles. The smallest absolute Gasteiger partial charge is 0.213 e. The highest BCUT2D eigenvalue weighted by Crippen LogP contribution is 2.09. The second kappa shape index (κ2) is 3.57. The van der Waals surface area contributed by atoms with Crippen LogP contribution in [0.5, 0.6) is 0 Å². The maximum absolute atomic E-state index is 4.33. The van der Waals surface area contributed by atoms with Crippen molar-refractivity contribution >= 4 is 5.96 Å². The van der Waals surface area contributed by atoms with Crippen LogP contribution < -0.4 is 5.32 Å². The van der Waals surface area contributed by atoms with Gasteiger partial charge in [-0.2, -0.15) is 0 Å². The molecule has 4 heteroatoms. The highest BCUT2D eigenvalue weighted by atomic mass is 15.6. The zero-order valence-corrected chi connectivity index (χ0v) is 8.27. The summed E-state index contributed by atoms with van der Waals surface area (Å²) in [7, 11) is 1.97. The zero-order chi connectivity index (χ0) is 9.97. The molecule has 0 atom stereocenters. The number of guanidine groups is 1. The second-order valence-electron chi connectivity index (χ2n) is 3.24. The van der Waals surface area contributed by atoms with Gasteiger partial charge in [-0.1, -0.05) is 6.58 Å². The van der Waals surface area contributed by atoms with Gasteiger partial charge in [0, 0.05) is 26.0 Å². The zero-order valence-electron chi connectivity index (χ0n) is 8.27. The van der Waals surface area contributed by atoms with E-state index in [0.717, 1.165) is 24.6 Å². The van der Waals surface area contributed by atoms with E-state index in [4.69, 9.17) is 0 Å². The predicted molar refractivity (Wildman–Crippen MR) is 57.3 cm³/mol. The minimum atomic E-state index is 0.855. The van der Waals surface area contributed by atoms with Gasteiger partial charge in [0.05, 0.1) is 6.54 Å². The van der Waals surface area contributed by atoms with E-state index >= 15 is 0 Å². The molecule has 2 heterocycles. The van der Waals surface area contributed by atoms with Crippen LogP contribution in [0.3, 0.4) is 0 Å².